The van der Waals surface area contributed by atoms with Gasteiger partial charge in [-0.25, -0.2) is 0 Å². The Kier molecular flexibility index (Phi) is 46.8. The maximum atomic E-state index is 12.6. The van der Waals surface area contributed by atoms with Crippen LogP contribution in [0.15, 0.2) is 212 Å². The van der Waals surface area contributed by atoms with Crippen molar-refractivity contribution in [2.45, 2.75) is 321 Å². The molecule has 734 valence electrons. The van der Waals surface area contributed by atoms with Gasteiger partial charge in [-0.15, -0.1) is 0 Å². The monoisotopic (exact) mass is 2030 g/mol. The van der Waals surface area contributed by atoms with Crippen LogP contribution in [0.1, 0.15) is 331 Å². The van der Waals surface area contributed by atoms with Crippen LogP contribution in [0.2, 0.25) is 0 Å². The molecule has 12 nitrogen and oxygen atoms in total. The third-order valence-corrected chi connectivity index (χ3v) is 23.9. The zero-order valence-electron chi connectivity index (χ0n) is 91.9. The van der Waals surface area contributed by atoms with E-state index in [2.05, 4.69) is 366 Å². The maximum absolute atomic E-state index is 12.6. The van der Waals surface area contributed by atoms with Gasteiger partial charge in [0.25, 0.3) is 0 Å². The van der Waals surface area contributed by atoms with E-state index in [0.29, 0.717) is 33.4 Å². The molecule has 0 fully saturated rings. The van der Waals surface area contributed by atoms with Crippen molar-refractivity contribution in [3.63, 3.8) is 0 Å². The zero-order valence-corrected chi connectivity index (χ0v) is 97.6. The quantitative estimate of drug-likeness (QED) is 0.0719. The first-order valence-corrected chi connectivity index (χ1v) is 48.7. The van der Waals surface area contributed by atoms with Crippen LogP contribution in [0.5, 0.6) is 34.5 Å². The summed E-state index contributed by atoms with van der Waals surface area (Å²) in [7, 11) is 0. The predicted molar refractivity (Wildman–Crippen MR) is 585 cm³/mol. The van der Waals surface area contributed by atoms with Crippen molar-refractivity contribution in [3.05, 3.63) is 349 Å². The molecule has 0 saturated heterocycles. The summed E-state index contributed by atoms with van der Waals surface area (Å²) in [5, 5.41) is 75.4. The number of aliphatic imine (C=N–C) groups is 6. The van der Waals surface area contributed by atoms with E-state index < -0.39 is 0 Å². The number of aryl methyl sites for hydroxylation is 18. The Hall–Kier alpha value is -10.3. The minimum Gasteiger partial charge on any atom is -0.872 e. The number of unbranched alkanes of at least 4 members (excludes halogenated alkanes) is 3. The largest absolute Gasteiger partial charge is 3.00 e. The van der Waals surface area contributed by atoms with Crippen molar-refractivity contribution < 1.29 is 96.1 Å². The van der Waals surface area contributed by atoms with Crippen molar-refractivity contribution in [2.24, 2.45) is 30.0 Å². The van der Waals surface area contributed by atoms with E-state index in [0.717, 1.165) is 134 Å². The number of benzene rings is 12. The average Bonchev–Trinajstić information content (AvgIpc) is 0.822. The molecular weight excluding hydrogens is 1870 g/mol. The fraction of sp³-hybridized carbons (Fsp3) is 0.381. The van der Waals surface area contributed by atoms with E-state index >= 15 is 0 Å². The summed E-state index contributed by atoms with van der Waals surface area (Å²) in [6.07, 6.45) is 15.7. The molecule has 0 aliphatic carbocycles. The third kappa shape index (κ3) is 36.0. The molecule has 0 aliphatic heterocycles. The molecule has 0 spiro atoms. The third-order valence-electron chi connectivity index (χ3n) is 23.9. The minimum absolute atomic E-state index is 0. The van der Waals surface area contributed by atoms with Crippen molar-refractivity contribution >= 4 is 71.4 Å². The van der Waals surface area contributed by atoms with Gasteiger partial charge in [0, 0.05) is 37.3 Å². The molecule has 0 atom stereocenters. The topological polar surface area (TPSA) is 213 Å². The standard InChI is InChI=1S/6C20H25NO.C6H14.2Y/c6*1-13-10-14(2)18(15(3)11-13)21-12-16-8-7-9-17(19(16)22)20(4,5)6;1-3-5-6-4-2;;/h6*7-12,22H,1-6H3;3-6H2,1-2H3;;/q;;;;;;;2*+3/p-6. The number of rotatable bonds is 15. The summed E-state index contributed by atoms with van der Waals surface area (Å²) >= 11 is 0. The molecule has 0 radical (unpaired) electrons. The van der Waals surface area contributed by atoms with Crippen molar-refractivity contribution in [1.82, 2.24) is 0 Å². The van der Waals surface area contributed by atoms with Crippen LogP contribution in [-0.4, -0.2) is 37.3 Å². The van der Waals surface area contributed by atoms with E-state index in [1.807, 2.05) is 109 Å². The molecule has 14 heteroatoms. The SMILES string of the molecule is CCCCCC.Cc1cc(C)c(N=Cc2cccc(C(C)(C)C)c2[O-])c(C)c1.Cc1cc(C)c(N=Cc2cccc(C(C)(C)C)c2[O-])c(C)c1.Cc1cc(C)c(N=Cc2cccc(C(C)(C)C)c2[O-])c(C)c1.Cc1cc(C)c(N=Cc2cccc(C(C)(C)C)c2[O-])c(C)c1.Cc1cc(C)c(N=Cc2cccc(C(C)(C)C)c2[O-])c(C)c1.Cc1cc(C)c(N=Cc2cccc(C(C)(C)C)c2[O-])c(C)c1.[Y+3].[Y+3]. The summed E-state index contributed by atoms with van der Waals surface area (Å²) in [5.74, 6) is 0.423. The van der Waals surface area contributed by atoms with E-state index in [1.165, 1.54) is 59.1 Å². The Morgan fingerprint density at radius 1 is 0.193 bits per heavy atom. The molecule has 0 saturated carbocycles. The van der Waals surface area contributed by atoms with Crippen LogP contribution in [0.3, 0.4) is 0 Å². The predicted octanol–water partition coefficient (Wildman–Crippen LogP) is 31.0. The summed E-state index contributed by atoms with van der Waals surface area (Å²) in [6, 6.07) is 59.4. The van der Waals surface area contributed by atoms with Gasteiger partial charge in [0.05, 0.1) is 34.1 Å². The Morgan fingerprint density at radius 3 is 0.393 bits per heavy atom. The first kappa shape index (κ1) is 122. The van der Waals surface area contributed by atoms with E-state index in [1.54, 1.807) is 37.3 Å². The molecule has 0 unspecified atom stereocenters. The Bertz CT molecular complexity index is 5260. The fourth-order valence-corrected chi connectivity index (χ4v) is 17.0. The van der Waals surface area contributed by atoms with Crippen LogP contribution in [-0.2, 0) is 97.9 Å². The summed E-state index contributed by atoms with van der Waals surface area (Å²) in [4.78, 5) is 27.5. The normalized spacial score (nSPS) is 11.8. The number of hydrogen-bond acceptors (Lipinski definition) is 12. The average molecular weight is 2030 g/mol. The van der Waals surface area contributed by atoms with Gasteiger partial charge in [0.1, 0.15) is 0 Å². The molecule has 0 heterocycles. The van der Waals surface area contributed by atoms with Gasteiger partial charge in [-0.05, 0) is 291 Å². The first-order chi connectivity index (χ1) is 64.1. The number of hydrogen-bond donors (Lipinski definition) is 0. The second kappa shape index (κ2) is 53.7. The number of nitrogens with zero attached hydrogens (tertiary/aromatic N) is 6. The molecule has 0 amide bonds. The van der Waals surface area contributed by atoms with Crippen LogP contribution >= 0.6 is 0 Å². The van der Waals surface area contributed by atoms with Crippen LogP contribution in [0.25, 0.3) is 0 Å². The van der Waals surface area contributed by atoms with Gasteiger partial charge in [-0.2, -0.15) is 0 Å². The first-order valence-electron chi connectivity index (χ1n) is 48.7. The summed E-state index contributed by atoms with van der Waals surface area (Å²) in [6.45, 7) is 78.5. The van der Waals surface area contributed by atoms with E-state index in [4.69, 9.17) is 0 Å². The molecule has 0 aromatic heterocycles. The minimum atomic E-state index is -0.156. The maximum Gasteiger partial charge on any atom is 3.00 e. The van der Waals surface area contributed by atoms with Gasteiger partial charge in [-0.1, -0.05) is 414 Å². The molecule has 12 rings (SSSR count). The Balaban J connectivity index is 0.000000345. The van der Waals surface area contributed by atoms with Gasteiger partial charge in [0.2, 0.25) is 0 Å². The zero-order chi connectivity index (χ0) is 104. The second-order valence-electron chi connectivity index (χ2n) is 43.6. The molecule has 140 heavy (non-hydrogen) atoms. The smallest absolute Gasteiger partial charge is 0.872 e. The number of para-hydroxylation sites is 6. The van der Waals surface area contributed by atoms with Crippen LogP contribution in [0.4, 0.5) is 34.1 Å². The second-order valence-corrected chi connectivity index (χ2v) is 43.6. The van der Waals surface area contributed by atoms with Gasteiger partial charge >= 0.3 is 65.4 Å². The van der Waals surface area contributed by atoms with Gasteiger partial charge in [0.15, 0.2) is 0 Å². The van der Waals surface area contributed by atoms with Gasteiger partial charge in [-0.3, -0.25) is 30.0 Å². The van der Waals surface area contributed by atoms with E-state index in [-0.39, 0.29) is 132 Å². The van der Waals surface area contributed by atoms with E-state index in [9.17, 15) is 30.6 Å². The van der Waals surface area contributed by atoms with Crippen LogP contribution < -0.4 is 30.6 Å². The molecule has 12 aromatic rings. The molecule has 0 aliphatic rings. The van der Waals surface area contributed by atoms with Crippen molar-refractivity contribution in [2.75, 3.05) is 0 Å². The molecular formula is C126H158N6O6Y2. The Morgan fingerprint density at radius 2 is 0.300 bits per heavy atom. The molecule has 0 N–H and O–H groups in total. The molecule has 0 bridgehead atoms. The summed E-state index contributed by atoms with van der Waals surface area (Å²) < 4.78 is 0. The van der Waals surface area contributed by atoms with Gasteiger partial charge < -0.3 is 30.6 Å². The van der Waals surface area contributed by atoms with Crippen molar-refractivity contribution in [3.8, 4) is 34.5 Å². The fourth-order valence-electron chi connectivity index (χ4n) is 17.0. The van der Waals surface area contributed by atoms with Crippen molar-refractivity contribution in [1.29, 1.82) is 0 Å². The molecule has 12 aromatic carbocycles. The Labute approximate surface area is 894 Å². The van der Waals surface area contributed by atoms with Crippen LogP contribution in [0, 0.1) is 125 Å². The summed E-state index contributed by atoms with van der Waals surface area (Å²) in [5.41, 5.74) is 34.6.